The molecule has 0 aromatic carbocycles. The molecule has 0 saturated carbocycles. The number of nitrogens with zero attached hydrogens (tertiary/aromatic N) is 5. The summed E-state index contributed by atoms with van der Waals surface area (Å²) in [4.78, 5) is 19.0. The van der Waals surface area contributed by atoms with Gasteiger partial charge in [0.1, 0.15) is 10.0 Å². The first-order valence-corrected chi connectivity index (χ1v) is 10.7. The minimum Gasteiger partial charge on any atom is -0.337 e. The van der Waals surface area contributed by atoms with E-state index in [2.05, 4.69) is 36.1 Å². The van der Waals surface area contributed by atoms with Crippen LogP contribution in [0.2, 0.25) is 0 Å². The van der Waals surface area contributed by atoms with Crippen molar-refractivity contribution in [1.29, 1.82) is 0 Å². The number of aromatic nitrogens is 4. The Morgan fingerprint density at radius 3 is 2.88 bits per heavy atom. The molecular weight excluding hydrogens is 354 g/mol. The van der Waals surface area contributed by atoms with Gasteiger partial charge < -0.3 is 4.90 Å². The van der Waals surface area contributed by atoms with Crippen molar-refractivity contribution in [3.05, 3.63) is 23.0 Å². The number of amides is 1. The molecule has 25 heavy (non-hydrogen) atoms. The molecule has 3 rings (SSSR count). The lowest BCUT2D eigenvalue weighted by Gasteiger charge is -2.32. The maximum Gasteiger partial charge on any atom is 0.273 e. The van der Waals surface area contributed by atoms with Gasteiger partial charge in [0.25, 0.3) is 5.91 Å². The van der Waals surface area contributed by atoms with Gasteiger partial charge in [-0.2, -0.15) is 0 Å². The first-order valence-electron chi connectivity index (χ1n) is 8.56. The lowest BCUT2D eigenvalue weighted by atomic mass is 9.93. The number of hydrogen-bond donors (Lipinski definition) is 0. The Hall–Kier alpha value is -1.41. The topological polar surface area (TPSA) is 63.9 Å². The van der Waals surface area contributed by atoms with E-state index in [9.17, 15) is 4.79 Å². The van der Waals surface area contributed by atoms with Gasteiger partial charge in [-0.1, -0.05) is 37.7 Å². The van der Waals surface area contributed by atoms with Gasteiger partial charge in [-0.15, -0.1) is 16.4 Å². The van der Waals surface area contributed by atoms with E-state index in [-0.39, 0.29) is 11.3 Å². The van der Waals surface area contributed by atoms with Crippen molar-refractivity contribution in [3.8, 4) is 0 Å². The maximum atomic E-state index is 12.7. The number of likely N-dealkylation sites (tertiary alicyclic amines) is 1. The summed E-state index contributed by atoms with van der Waals surface area (Å²) >= 11 is 3.11. The van der Waals surface area contributed by atoms with Crippen molar-refractivity contribution >= 4 is 29.0 Å². The highest BCUT2D eigenvalue weighted by Gasteiger charge is 2.27. The lowest BCUT2D eigenvalue weighted by Crippen LogP contribution is -2.41. The van der Waals surface area contributed by atoms with Gasteiger partial charge in [0.2, 0.25) is 0 Å². The molecule has 1 aliphatic heterocycles. The molecule has 1 atom stereocenters. The van der Waals surface area contributed by atoms with E-state index in [0.717, 1.165) is 42.5 Å². The third-order valence-electron chi connectivity index (χ3n) is 4.44. The van der Waals surface area contributed by atoms with Crippen LogP contribution in [0.3, 0.4) is 0 Å². The lowest BCUT2D eigenvalue weighted by molar-refractivity contribution is 0.0653. The summed E-state index contributed by atoms with van der Waals surface area (Å²) in [5, 5.41) is 10.4. The molecule has 2 aromatic rings. The third-order valence-corrected chi connectivity index (χ3v) is 6.30. The summed E-state index contributed by atoms with van der Waals surface area (Å²) in [6.07, 6.45) is 6.15. The number of piperidine rings is 1. The van der Waals surface area contributed by atoms with Gasteiger partial charge in [-0.25, -0.2) is 4.98 Å². The van der Waals surface area contributed by atoms with Crippen molar-refractivity contribution in [2.24, 2.45) is 5.92 Å². The molecular formula is C17H25N5OS2. The van der Waals surface area contributed by atoms with Gasteiger partial charge in [-0.3, -0.25) is 9.48 Å². The van der Waals surface area contributed by atoms with Crippen molar-refractivity contribution in [2.75, 3.05) is 19.3 Å². The quantitative estimate of drug-likeness (QED) is 0.763. The molecule has 2 aromatic heterocycles. The molecule has 0 radical (unpaired) electrons. The standard InChI is InChI=1S/C17H25N5OS2/c1-17(2,3)14-10-22(20-19-14)9-12-6-5-7-21(8-12)15(23)13-11-25-16(18-13)24-4/h10-12H,5-9H2,1-4H3/t12-/m0/s1. The first kappa shape index (κ1) is 18.4. The first-order chi connectivity index (χ1) is 11.9. The predicted octanol–water partition coefficient (Wildman–Crippen LogP) is 3.31. The SMILES string of the molecule is CSc1nc(C(=O)N2CCC[C@H](Cn3cc(C(C)(C)C)nn3)C2)cs1. The van der Waals surface area contributed by atoms with Crippen LogP contribution < -0.4 is 0 Å². The maximum absolute atomic E-state index is 12.7. The Morgan fingerprint density at radius 2 is 2.24 bits per heavy atom. The van der Waals surface area contributed by atoms with Crippen LogP contribution in [-0.2, 0) is 12.0 Å². The molecule has 136 valence electrons. The summed E-state index contributed by atoms with van der Waals surface area (Å²) < 4.78 is 2.86. The zero-order chi connectivity index (χ0) is 18.0. The van der Waals surface area contributed by atoms with Gasteiger partial charge in [-0.05, 0) is 25.0 Å². The number of carbonyl (C=O) groups excluding carboxylic acids is 1. The molecule has 0 spiro atoms. The van der Waals surface area contributed by atoms with E-state index in [1.54, 1.807) is 11.8 Å². The molecule has 0 bridgehead atoms. The second-order valence-electron chi connectivity index (χ2n) is 7.54. The van der Waals surface area contributed by atoms with Crippen LogP contribution >= 0.6 is 23.1 Å². The van der Waals surface area contributed by atoms with Crippen LogP contribution in [0.1, 0.15) is 49.8 Å². The summed E-state index contributed by atoms with van der Waals surface area (Å²) in [6, 6.07) is 0. The molecule has 3 heterocycles. The van der Waals surface area contributed by atoms with E-state index in [1.807, 2.05) is 27.4 Å². The van der Waals surface area contributed by atoms with Crippen molar-refractivity contribution in [3.63, 3.8) is 0 Å². The van der Waals surface area contributed by atoms with Crippen LogP contribution in [0, 0.1) is 5.92 Å². The minimum absolute atomic E-state index is 0.00638. The molecule has 6 nitrogen and oxygen atoms in total. The Morgan fingerprint density at radius 1 is 1.44 bits per heavy atom. The summed E-state index contributed by atoms with van der Waals surface area (Å²) in [5.41, 5.74) is 1.58. The van der Waals surface area contributed by atoms with Crippen LogP contribution in [-0.4, -0.2) is 50.1 Å². The zero-order valence-electron chi connectivity index (χ0n) is 15.2. The second-order valence-corrected chi connectivity index (χ2v) is 9.45. The van der Waals surface area contributed by atoms with Crippen LogP contribution in [0.25, 0.3) is 0 Å². The van der Waals surface area contributed by atoms with Gasteiger partial charge in [0, 0.05) is 36.6 Å². The molecule has 0 aliphatic carbocycles. The van der Waals surface area contributed by atoms with Crippen LogP contribution in [0.15, 0.2) is 15.9 Å². The average molecular weight is 380 g/mol. The largest absolute Gasteiger partial charge is 0.337 e. The highest BCUT2D eigenvalue weighted by atomic mass is 32.2. The second kappa shape index (κ2) is 7.45. The fourth-order valence-corrected chi connectivity index (χ4v) is 4.24. The summed E-state index contributed by atoms with van der Waals surface area (Å²) in [7, 11) is 0. The number of carbonyl (C=O) groups is 1. The Bertz CT molecular complexity index is 733. The molecule has 0 N–H and O–H groups in total. The number of hydrogen-bond acceptors (Lipinski definition) is 6. The number of rotatable bonds is 4. The van der Waals surface area contributed by atoms with Crippen molar-refractivity contribution in [1.82, 2.24) is 24.9 Å². The van der Waals surface area contributed by atoms with Crippen molar-refractivity contribution in [2.45, 2.75) is 49.9 Å². The third kappa shape index (κ3) is 4.41. The van der Waals surface area contributed by atoms with Crippen LogP contribution in [0.4, 0.5) is 0 Å². The highest BCUT2D eigenvalue weighted by molar-refractivity contribution is 8.00. The monoisotopic (exact) mass is 379 g/mol. The van der Waals surface area contributed by atoms with E-state index in [0.29, 0.717) is 11.6 Å². The Balaban J connectivity index is 1.63. The fraction of sp³-hybridized carbons (Fsp3) is 0.647. The summed E-state index contributed by atoms with van der Waals surface area (Å²) in [6.45, 7) is 8.79. The van der Waals surface area contributed by atoms with Crippen molar-refractivity contribution < 1.29 is 4.79 Å². The fourth-order valence-electron chi connectivity index (χ4n) is 3.01. The molecule has 1 saturated heterocycles. The predicted molar refractivity (Wildman–Crippen MR) is 101 cm³/mol. The summed E-state index contributed by atoms with van der Waals surface area (Å²) in [5.74, 6) is 0.459. The molecule has 1 aliphatic rings. The average Bonchev–Trinajstić information content (AvgIpc) is 3.23. The molecule has 0 unspecified atom stereocenters. The smallest absolute Gasteiger partial charge is 0.273 e. The normalized spacial score (nSPS) is 18.6. The van der Waals surface area contributed by atoms with Gasteiger partial charge in [0.15, 0.2) is 0 Å². The zero-order valence-corrected chi connectivity index (χ0v) is 16.9. The number of thiazole rings is 1. The van der Waals surface area contributed by atoms with Gasteiger partial charge >= 0.3 is 0 Å². The van der Waals surface area contributed by atoms with E-state index in [4.69, 9.17) is 0 Å². The van der Waals surface area contributed by atoms with Crippen LogP contribution in [0.5, 0.6) is 0 Å². The molecule has 1 amide bonds. The Kier molecular flexibility index (Phi) is 5.48. The van der Waals surface area contributed by atoms with E-state index >= 15 is 0 Å². The Labute approximate surface area is 157 Å². The molecule has 8 heteroatoms. The van der Waals surface area contributed by atoms with E-state index < -0.39 is 0 Å². The van der Waals surface area contributed by atoms with Gasteiger partial charge in [0.05, 0.1) is 5.69 Å². The molecule has 1 fully saturated rings. The highest BCUT2D eigenvalue weighted by Crippen LogP contribution is 2.24. The number of thioether (sulfide) groups is 1. The van der Waals surface area contributed by atoms with E-state index in [1.165, 1.54) is 11.3 Å². The minimum atomic E-state index is 0.00638.